The van der Waals surface area contributed by atoms with Gasteiger partial charge in [0.1, 0.15) is 11.5 Å². The summed E-state index contributed by atoms with van der Waals surface area (Å²) < 4.78 is 5.55. The van der Waals surface area contributed by atoms with Gasteiger partial charge in [-0.15, -0.1) is 0 Å². The Hall–Kier alpha value is -1.29. The van der Waals surface area contributed by atoms with E-state index in [4.69, 9.17) is 4.42 Å². The van der Waals surface area contributed by atoms with Gasteiger partial charge in [-0.3, -0.25) is 4.79 Å². The molecule has 1 heterocycles. The number of amides is 1. The molecule has 0 bridgehead atoms. The van der Waals surface area contributed by atoms with Crippen molar-refractivity contribution in [3.05, 3.63) is 23.7 Å². The van der Waals surface area contributed by atoms with Gasteiger partial charge >= 0.3 is 0 Å². The van der Waals surface area contributed by atoms with E-state index in [1.807, 2.05) is 37.8 Å². The molecule has 106 valence electrons. The summed E-state index contributed by atoms with van der Waals surface area (Å²) in [5, 5.41) is 3.25. The number of hydrogen-bond donors (Lipinski definition) is 1. The van der Waals surface area contributed by atoms with Crippen LogP contribution < -0.4 is 5.32 Å². The van der Waals surface area contributed by atoms with Crippen molar-refractivity contribution in [3.8, 4) is 0 Å². The Morgan fingerprint density at radius 2 is 2.21 bits per heavy atom. The van der Waals surface area contributed by atoms with Gasteiger partial charge < -0.3 is 14.6 Å². The zero-order valence-electron chi connectivity index (χ0n) is 12.1. The number of carbonyl (C=O) groups excluding carboxylic acids is 1. The largest absolute Gasteiger partial charge is 0.464 e. The molecule has 0 unspecified atom stereocenters. The maximum Gasteiger partial charge on any atom is 0.237 e. The second-order valence-corrected chi connectivity index (χ2v) is 5.70. The zero-order valence-corrected chi connectivity index (χ0v) is 12.1. The van der Waals surface area contributed by atoms with E-state index in [0.717, 1.165) is 24.0 Å². The van der Waals surface area contributed by atoms with Crippen molar-refractivity contribution in [1.82, 2.24) is 10.2 Å². The summed E-state index contributed by atoms with van der Waals surface area (Å²) in [6.45, 7) is 7.94. The second kappa shape index (κ2) is 6.24. The van der Waals surface area contributed by atoms with E-state index in [-0.39, 0.29) is 11.9 Å². The van der Waals surface area contributed by atoms with Crippen molar-refractivity contribution in [2.45, 2.75) is 46.2 Å². The van der Waals surface area contributed by atoms with Crippen molar-refractivity contribution in [3.63, 3.8) is 0 Å². The minimum absolute atomic E-state index is 0.143. The molecule has 2 rings (SSSR count). The van der Waals surface area contributed by atoms with Crippen molar-refractivity contribution < 1.29 is 9.21 Å². The van der Waals surface area contributed by atoms with Crippen LogP contribution in [0.4, 0.5) is 0 Å². The summed E-state index contributed by atoms with van der Waals surface area (Å²) >= 11 is 0. The highest BCUT2D eigenvalue weighted by Crippen LogP contribution is 2.27. The van der Waals surface area contributed by atoms with Crippen molar-refractivity contribution in [1.29, 1.82) is 0 Å². The fourth-order valence-electron chi connectivity index (χ4n) is 2.10. The maximum absolute atomic E-state index is 12.2. The number of carbonyl (C=O) groups is 1. The highest BCUT2D eigenvalue weighted by atomic mass is 16.3. The molecule has 0 saturated heterocycles. The molecule has 19 heavy (non-hydrogen) atoms. The van der Waals surface area contributed by atoms with Gasteiger partial charge in [0, 0.05) is 6.04 Å². The molecule has 1 aliphatic rings. The molecule has 0 aromatic carbocycles. The van der Waals surface area contributed by atoms with Gasteiger partial charge in [0.25, 0.3) is 0 Å². The Kier molecular flexibility index (Phi) is 4.64. The van der Waals surface area contributed by atoms with Gasteiger partial charge in [0.05, 0.1) is 13.1 Å². The zero-order chi connectivity index (χ0) is 13.8. The molecule has 0 radical (unpaired) electrons. The first-order chi connectivity index (χ1) is 9.06. The SMILES string of the molecule is Cc1ccc(CN(C(=O)CNCC2CC2)C(C)C)o1. The van der Waals surface area contributed by atoms with E-state index in [2.05, 4.69) is 5.32 Å². The standard InChI is InChI=1S/C15H24N2O2/c1-11(2)17(10-14-7-4-12(3)19-14)15(18)9-16-8-13-5-6-13/h4,7,11,13,16H,5-6,8-10H2,1-3H3. The Balaban J connectivity index is 1.84. The molecule has 1 N–H and O–H groups in total. The number of aryl methyl sites for hydroxylation is 1. The van der Waals surface area contributed by atoms with Crippen molar-refractivity contribution >= 4 is 5.91 Å². The quantitative estimate of drug-likeness (QED) is 0.822. The van der Waals surface area contributed by atoms with Crippen LogP contribution in [0.2, 0.25) is 0 Å². The lowest BCUT2D eigenvalue weighted by molar-refractivity contribution is -0.132. The summed E-state index contributed by atoms with van der Waals surface area (Å²) in [6.07, 6.45) is 2.61. The van der Waals surface area contributed by atoms with Gasteiger partial charge in [0.15, 0.2) is 0 Å². The second-order valence-electron chi connectivity index (χ2n) is 5.70. The number of nitrogens with one attached hydrogen (secondary N) is 1. The van der Waals surface area contributed by atoms with Crippen LogP contribution in [0.5, 0.6) is 0 Å². The highest BCUT2D eigenvalue weighted by Gasteiger charge is 2.22. The summed E-state index contributed by atoms with van der Waals surface area (Å²) in [6, 6.07) is 4.06. The fourth-order valence-corrected chi connectivity index (χ4v) is 2.10. The van der Waals surface area contributed by atoms with Crippen molar-refractivity contribution in [2.24, 2.45) is 5.92 Å². The third-order valence-electron chi connectivity index (χ3n) is 3.47. The third-order valence-corrected chi connectivity index (χ3v) is 3.47. The Morgan fingerprint density at radius 3 is 2.74 bits per heavy atom. The number of hydrogen-bond acceptors (Lipinski definition) is 3. The lowest BCUT2D eigenvalue weighted by Crippen LogP contribution is -2.42. The van der Waals surface area contributed by atoms with Gasteiger partial charge in [0.2, 0.25) is 5.91 Å². The van der Waals surface area contributed by atoms with E-state index >= 15 is 0 Å². The molecule has 1 amide bonds. The topological polar surface area (TPSA) is 45.5 Å². The van der Waals surface area contributed by atoms with E-state index in [9.17, 15) is 4.79 Å². The van der Waals surface area contributed by atoms with E-state index < -0.39 is 0 Å². The lowest BCUT2D eigenvalue weighted by Gasteiger charge is -2.26. The summed E-state index contributed by atoms with van der Waals surface area (Å²) in [7, 11) is 0. The van der Waals surface area contributed by atoms with E-state index in [0.29, 0.717) is 13.1 Å². The van der Waals surface area contributed by atoms with Crippen LogP contribution >= 0.6 is 0 Å². The number of nitrogens with zero attached hydrogens (tertiary/aromatic N) is 1. The molecule has 1 aromatic heterocycles. The minimum Gasteiger partial charge on any atom is -0.464 e. The fraction of sp³-hybridized carbons (Fsp3) is 0.667. The van der Waals surface area contributed by atoms with Crippen LogP contribution in [-0.4, -0.2) is 29.9 Å². The molecular formula is C15H24N2O2. The lowest BCUT2D eigenvalue weighted by atomic mass is 10.2. The molecule has 1 aliphatic carbocycles. The van der Waals surface area contributed by atoms with Gasteiger partial charge in [-0.2, -0.15) is 0 Å². The predicted octanol–water partition coefficient (Wildman–Crippen LogP) is 2.32. The smallest absolute Gasteiger partial charge is 0.237 e. The molecule has 4 heteroatoms. The molecule has 1 fully saturated rings. The summed E-state index contributed by atoms with van der Waals surface area (Å²) in [4.78, 5) is 14.1. The van der Waals surface area contributed by atoms with Crippen LogP contribution in [0.3, 0.4) is 0 Å². The average molecular weight is 264 g/mol. The third kappa shape index (κ3) is 4.39. The Labute approximate surface area is 115 Å². The normalized spacial score (nSPS) is 14.9. The number of furan rings is 1. The minimum atomic E-state index is 0.143. The van der Waals surface area contributed by atoms with Gasteiger partial charge in [-0.05, 0) is 58.2 Å². The van der Waals surface area contributed by atoms with Gasteiger partial charge in [-0.1, -0.05) is 0 Å². The Bertz CT molecular complexity index is 422. The first kappa shape index (κ1) is 14.1. The molecule has 4 nitrogen and oxygen atoms in total. The first-order valence-electron chi connectivity index (χ1n) is 7.11. The van der Waals surface area contributed by atoms with E-state index in [1.54, 1.807) is 0 Å². The van der Waals surface area contributed by atoms with Crippen LogP contribution in [0.1, 0.15) is 38.2 Å². The number of rotatable bonds is 7. The van der Waals surface area contributed by atoms with Gasteiger partial charge in [-0.25, -0.2) is 0 Å². The summed E-state index contributed by atoms with van der Waals surface area (Å²) in [5.41, 5.74) is 0. The monoisotopic (exact) mass is 264 g/mol. The maximum atomic E-state index is 12.2. The van der Waals surface area contributed by atoms with Crippen LogP contribution in [-0.2, 0) is 11.3 Å². The van der Waals surface area contributed by atoms with Crippen LogP contribution in [0, 0.1) is 12.8 Å². The molecule has 1 saturated carbocycles. The first-order valence-corrected chi connectivity index (χ1v) is 7.11. The molecule has 0 spiro atoms. The molecular weight excluding hydrogens is 240 g/mol. The molecule has 1 aromatic rings. The average Bonchev–Trinajstić information content (AvgIpc) is 3.07. The van der Waals surface area contributed by atoms with Crippen molar-refractivity contribution in [2.75, 3.05) is 13.1 Å². The predicted molar refractivity (Wildman–Crippen MR) is 74.7 cm³/mol. The Morgan fingerprint density at radius 1 is 1.47 bits per heavy atom. The molecule has 0 aliphatic heterocycles. The summed E-state index contributed by atoms with van der Waals surface area (Å²) in [5.74, 6) is 2.68. The van der Waals surface area contributed by atoms with Crippen LogP contribution in [0.25, 0.3) is 0 Å². The van der Waals surface area contributed by atoms with E-state index in [1.165, 1.54) is 12.8 Å². The highest BCUT2D eigenvalue weighted by molar-refractivity contribution is 5.78. The van der Waals surface area contributed by atoms with Crippen LogP contribution in [0.15, 0.2) is 16.5 Å². The molecule has 0 atom stereocenters.